The van der Waals surface area contributed by atoms with Crippen LogP contribution in [-0.4, -0.2) is 30.5 Å². The third kappa shape index (κ3) is 4.59. The van der Waals surface area contributed by atoms with E-state index in [0.717, 1.165) is 37.4 Å². The molecule has 3 rings (SSSR count). The van der Waals surface area contributed by atoms with Gasteiger partial charge in [-0.1, -0.05) is 30.9 Å². The molecule has 0 N–H and O–H groups in total. The van der Waals surface area contributed by atoms with Crippen molar-refractivity contribution >= 4 is 11.6 Å². The Bertz CT molecular complexity index is 811. The average molecular weight is 362 g/mol. The van der Waals surface area contributed by atoms with E-state index >= 15 is 0 Å². The van der Waals surface area contributed by atoms with Gasteiger partial charge in [0.2, 0.25) is 0 Å². The third-order valence-electron chi connectivity index (χ3n) is 4.65. The fourth-order valence-corrected chi connectivity index (χ4v) is 3.28. The Kier molecular flexibility index (Phi) is 6.31. The Balaban J connectivity index is 1.62. The van der Waals surface area contributed by atoms with E-state index in [4.69, 9.17) is 4.74 Å². The number of allylic oxidation sites excluding steroid dienone is 1. The molecule has 0 spiro atoms. The van der Waals surface area contributed by atoms with Gasteiger partial charge in [0.05, 0.1) is 6.54 Å². The highest BCUT2D eigenvalue weighted by Gasteiger charge is 2.23. The molecule has 1 aliphatic rings. The Labute approximate surface area is 161 Å². The minimum Gasteiger partial charge on any atom is -0.492 e. The van der Waals surface area contributed by atoms with Crippen molar-refractivity contribution in [1.82, 2.24) is 4.90 Å². The molecule has 4 nitrogen and oxygen atoms in total. The molecule has 4 heteroatoms. The molecule has 0 saturated carbocycles. The highest BCUT2D eigenvalue weighted by Crippen LogP contribution is 2.28. The van der Waals surface area contributed by atoms with Crippen molar-refractivity contribution in [2.75, 3.05) is 24.6 Å². The van der Waals surface area contributed by atoms with Crippen LogP contribution in [0.2, 0.25) is 0 Å². The zero-order valence-corrected chi connectivity index (χ0v) is 15.8. The first-order valence-electron chi connectivity index (χ1n) is 9.36. The molecule has 0 unspecified atom stereocenters. The predicted octanol–water partition coefficient (Wildman–Crippen LogP) is 4.64. The van der Waals surface area contributed by atoms with Gasteiger partial charge in [-0.2, -0.15) is 0 Å². The Morgan fingerprint density at radius 1 is 1.22 bits per heavy atom. The standard InChI is InChI=1S/C23H26N2O2/c1-3-15-24(4-2)17-18-27-21-13-11-20(12-14-21)23(26)25-16-7-9-19-8-5-6-10-22(19)25/h3-6,8,10-15H,2,7,9,16-18H2,1H3/b15-3-. The second kappa shape index (κ2) is 9.08. The molecule has 0 aromatic heterocycles. The largest absolute Gasteiger partial charge is 0.492 e. The molecule has 0 aliphatic carbocycles. The molecule has 0 saturated heterocycles. The minimum absolute atomic E-state index is 0.0413. The van der Waals surface area contributed by atoms with Gasteiger partial charge in [0.25, 0.3) is 5.91 Å². The number of benzene rings is 2. The molecule has 140 valence electrons. The lowest BCUT2D eigenvalue weighted by atomic mass is 10.0. The van der Waals surface area contributed by atoms with Crippen molar-refractivity contribution in [3.63, 3.8) is 0 Å². The van der Waals surface area contributed by atoms with Crippen molar-refractivity contribution in [2.45, 2.75) is 19.8 Å². The van der Waals surface area contributed by atoms with E-state index in [1.54, 1.807) is 6.20 Å². The molecular weight excluding hydrogens is 336 g/mol. The number of carbonyl (C=O) groups is 1. The van der Waals surface area contributed by atoms with Gasteiger partial charge in [-0.3, -0.25) is 4.79 Å². The molecule has 0 atom stereocenters. The average Bonchev–Trinajstić information content (AvgIpc) is 2.72. The van der Waals surface area contributed by atoms with Gasteiger partial charge in [-0.05, 0) is 68.1 Å². The number of hydrogen-bond acceptors (Lipinski definition) is 3. The van der Waals surface area contributed by atoms with Crippen molar-refractivity contribution in [2.24, 2.45) is 0 Å². The molecule has 27 heavy (non-hydrogen) atoms. The van der Waals surface area contributed by atoms with E-state index in [2.05, 4.69) is 12.6 Å². The molecule has 0 radical (unpaired) electrons. The maximum Gasteiger partial charge on any atom is 0.258 e. The fourth-order valence-electron chi connectivity index (χ4n) is 3.28. The molecular formula is C23H26N2O2. The van der Waals surface area contributed by atoms with Crippen LogP contribution in [0.4, 0.5) is 5.69 Å². The number of hydrogen-bond donors (Lipinski definition) is 0. The smallest absolute Gasteiger partial charge is 0.258 e. The summed E-state index contributed by atoms with van der Waals surface area (Å²) in [6.45, 7) is 7.77. The Morgan fingerprint density at radius 2 is 2.00 bits per heavy atom. The Hall–Kier alpha value is -3.01. The molecule has 1 amide bonds. The highest BCUT2D eigenvalue weighted by atomic mass is 16.5. The monoisotopic (exact) mass is 362 g/mol. The summed E-state index contributed by atoms with van der Waals surface area (Å²) in [6, 6.07) is 15.5. The van der Waals surface area contributed by atoms with Gasteiger partial charge in [0, 0.05) is 17.8 Å². The summed E-state index contributed by atoms with van der Waals surface area (Å²) in [7, 11) is 0. The van der Waals surface area contributed by atoms with Crippen molar-refractivity contribution in [3.8, 4) is 5.75 Å². The summed E-state index contributed by atoms with van der Waals surface area (Å²) in [6.07, 6.45) is 7.70. The van der Waals surface area contributed by atoms with Crippen LogP contribution in [0.25, 0.3) is 0 Å². The van der Waals surface area contributed by atoms with Crippen LogP contribution in [0.15, 0.2) is 73.6 Å². The second-order valence-electron chi connectivity index (χ2n) is 6.46. The summed E-state index contributed by atoms with van der Waals surface area (Å²) in [5.41, 5.74) is 2.95. The number of nitrogens with zero attached hydrogens (tertiary/aromatic N) is 2. The number of rotatable bonds is 7. The van der Waals surface area contributed by atoms with Crippen LogP contribution >= 0.6 is 0 Å². The number of ether oxygens (including phenoxy) is 1. The van der Waals surface area contributed by atoms with Gasteiger partial charge in [-0.25, -0.2) is 0 Å². The quantitative estimate of drug-likeness (QED) is 0.719. The van der Waals surface area contributed by atoms with Gasteiger partial charge in [0.1, 0.15) is 12.4 Å². The van der Waals surface area contributed by atoms with E-state index in [9.17, 15) is 4.79 Å². The van der Waals surface area contributed by atoms with E-state index in [-0.39, 0.29) is 5.91 Å². The van der Waals surface area contributed by atoms with Crippen LogP contribution in [-0.2, 0) is 6.42 Å². The summed E-state index contributed by atoms with van der Waals surface area (Å²) < 4.78 is 5.77. The second-order valence-corrected chi connectivity index (χ2v) is 6.46. The number of para-hydroxylation sites is 1. The zero-order valence-electron chi connectivity index (χ0n) is 15.8. The first-order chi connectivity index (χ1) is 13.2. The van der Waals surface area contributed by atoms with Crippen LogP contribution in [0.5, 0.6) is 5.75 Å². The van der Waals surface area contributed by atoms with Gasteiger partial charge >= 0.3 is 0 Å². The maximum absolute atomic E-state index is 12.9. The highest BCUT2D eigenvalue weighted by molar-refractivity contribution is 6.06. The summed E-state index contributed by atoms with van der Waals surface area (Å²) in [5, 5.41) is 0. The molecule has 0 bridgehead atoms. The number of amides is 1. The SMILES string of the molecule is C=CN(/C=C\C)CCOc1ccc(C(=O)N2CCCc3ccccc32)cc1. The normalized spacial score (nSPS) is 13.3. The number of carbonyl (C=O) groups excluding carboxylic acids is 1. The Morgan fingerprint density at radius 3 is 2.74 bits per heavy atom. The topological polar surface area (TPSA) is 32.8 Å². The van der Waals surface area contributed by atoms with Gasteiger partial charge in [0.15, 0.2) is 0 Å². The summed E-state index contributed by atoms with van der Waals surface area (Å²) in [5.74, 6) is 0.801. The fraction of sp³-hybridized carbons (Fsp3) is 0.261. The van der Waals surface area contributed by atoms with E-state index < -0.39 is 0 Å². The van der Waals surface area contributed by atoms with Crippen LogP contribution in [0.1, 0.15) is 29.3 Å². The minimum atomic E-state index is 0.0413. The molecule has 2 aromatic carbocycles. The first kappa shape index (κ1) is 18.8. The molecule has 1 heterocycles. The molecule has 2 aromatic rings. The van der Waals surface area contributed by atoms with Crippen molar-refractivity contribution in [1.29, 1.82) is 0 Å². The van der Waals surface area contributed by atoms with Crippen molar-refractivity contribution < 1.29 is 9.53 Å². The molecule has 1 aliphatic heterocycles. The van der Waals surface area contributed by atoms with E-state index in [1.807, 2.05) is 71.5 Å². The zero-order chi connectivity index (χ0) is 19.1. The predicted molar refractivity (Wildman–Crippen MR) is 110 cm³/mol. The third-order valence-corrected chi connectivity index (χ3v) is 4.65. The lowest BCUT2D eigenvalue weighted by Gasteiger charge is -2.29. The lowest BCUT2D eigenvalue weighted by molar-refractivity contribution is 0.0985. The van der Waals surface area contributed by atoms with Crippen LogP contribution in [0, 0.1) is 0 Å². The number of aryl methyl sites for hydroxylation is 1. The number of fused-ring (bicyclic) bond motifs is 1. The number of anilines is 1. The summed E-state index contributed by atoms with van der Waals surface area (Å²) in [4.78, 5) is 16.8. The van der Waals surface area contributed by atoms with Gasteiger partial charge in [-0.15, -0.1) is 0 Å². The molecule has 0 fully saturated rings. The van der Waals surface area contributed by atoms with Crippen LogP contribution in [0.3, 0.4) is 0 Å². The van der Waals surface area contributed by atoms with Gasteiger partial charge < -0.3 is 14.5 Å². The van der Waals surface area contributed by atoms with E-state index in [0.29, 0.717) is 12.2 Å². The van der Waals surface area contributed by atoms with Crippen molar-refractivity contribution in [3.05, 3.63) is 84.7 Å². The van der Waals surface area contributed by atoms with E-state index in [1.165, 1.54) is 5.56 Å². The van der Waals surface area contributed by atoms with Crippen LogP contribution < -0.4 is 9.64 Å². The lowest BCUT2D eigenvalue weighted by Crippen LogP contribution is -2.35. The maximum atomic E-state index is 12.9. The summed E-state index contributed by atoms with van der Waals surface area (Å²) >= 11 is 0. The first-order valence-corrected chi connectivity index (χ1v) is 9.36.